The maximum Gasteiger partial charge on any atom is 0.417 e. The third-order valence-electron chi connectivity index (χ3n) is 2.07. The molecule has 1 heterocycles. The predicted octanol–water partition coefficient (Wildman–Crippen LogP) is 0.816. The molecule has 0 aliphatic rings. The smallest absolute Gasteiger partial charge is 0.243 e. The molecule has 0 spiro atoms. The maximum atomic E-state index is 12.4. The molecule has 12 heteroatoms. The molecule has 0 radical (unpaired) electrons. The summed E-state index contributed by atoms with van der Waals surface area (Å²) in [5, 5.41) is 3.08. The number of alkyl halides is 3. The van der Waals surface area contributed by atoms with Crippen LogP contribution in [0, 0.1) is 0 Å². The second kappa shape index (κ2) is 5.47. The van der Waals surface area contributed by atoms with Crippen LogP contribution >= 0.6 is 11.6 Å². The van der Waals surface area contributed by atoms with Crippen molar-refractivity contribution in [3.05, 3.63) is 22.8 Å². The number of hydrogen-bond acceptors (Lipinski definition) is 5. The first kappa shape index (κ1) is 17.1. The Morgan fingerprint density at radius 2 is 1.75 bits per heavy atom. The van der Waals surface area contributed by atoms with E-state index in [0.717, 1.165) is 0 Å². The molecule has 0 saturated carbocycles. The van der Waals surface area contributed by atoms with E-state index in [4.69, 9.17) is 11.6 Å². The van der Waals surface area contributed by atoms with Gasteiger partial charge in [-0.2, -0.15) is 13.2 Å². The van der Waals surface area contributed by atoms with Gasteiger partial charge < -0.3 is 0 Å². The fraction of sp³-hybridized carbons (Fsp3) is 0.375. The predicted molar refractivity (Wildman–Crippen MR) is 64.3 cm³/mol. The summed E-state index contributed by atoms with van der Waals surface area (Å²) in [5.74, 6) is -1.82. The second-order valence-corrected chi connectivity index (χ2v) is 7.86. The number of rotatable bonds is 4. The van der Waals surface area contributed by atoms with Crippen molar-refractivity contribution in [1.29, 1.82) is 0 Å². The number of primary sulfonamides is 1. The Hall–Kier alpha value is -0.910. The molecule has 114 valence electrons. The number of pyridine rings is 1. The third-order valence-corrected chi connectivity index (χ3v) is 5.15. The Labute approximate surface area is 117 Å². The molecule has 1 rings (SSSR count). The van der Waals surface area contributed by atoms with E-state index in [2.05, 4.69) is 10.1 Å². The van der Waals surface area contributed by atoms with Gasteiger partial charge in [-0.15, -0.1) is 0 Å². The molecular weight excluding hydrogens is 345 g/mol. The van der Waals surface area contributed by atoms with Crippen molar-refractivity contribution in [3.63, 3.8) is 0 Å². The summed E-state index contributed by atoms with van der Waals surface area (Å²) in [6.45, 7) is 0. The number of nitrogens with zero attached hydrogens (tertiary/aromatic N) is 1. The van der Waals surface area contributed by atoms with Crippen molar-refractivity contribution in [2.75, 3.05) is 11.5 Å². The van der Waals surface area contributed by atoms with Crippen LogP contribution in [0.25, 0.3) is 0 Å². The third kappa shape index (κ3) is 4.58. The molecule has 0 amide bonds. The number of aromatic nitrogens is 1. The minimum Gasteiger partial charge on any atom is -0.243 e. The molecule has 6 nitrogen and oxygen atoms in total. The van der Waals surface area contributed by atoms with Gasteiger partial charge in [0, 0.05) is 6.20 Å². The van der Waals surface area contributed by atoms with E-state index in [1.807, 2.05) is 0 Å². The van der Waals surface area contributed by atoms with E-state index in [1.165, 1.54) is 0 Å². The lowest BCUT2D eigenvalue weighted by Gasteiger charge is -2.09. The van der Waals surface area contributed by atoms with Gasteiger partial charge in [0.2, 0.25) is 10.0 Å². The van der Waals surface area contributed by atoms with E-state index >= 15 is 0 Å². The maximum absolute atomic E-state index is 12.4. The van der Waals surface area contributed by atoms with E-state index in [0.29, 0.717) is 12.3 Å². The van der Waals surface area contributed by atoms with Crippen LogP contribution in [0.15, 0.2) is 17.3 Å². The van der Waals surface area contributed by atoms with Gasteiger partial charge in [0.25, 0.3) is 0 Å². The Balaban J connectivity index is 3.15. The highest BCUT2D eigenvalue weighted by Gasteiger charge is 2.33. The van der Waals surface area contributed by atoms with E-state index in [9.17, 15) is 30.0 Å². The molecule has 1 aromatic rings. The summed E-state index contributed by atoms with van der Waals surface area (Å²) >= 11 is 5.45. The zero-order valence-electron chi connectivity index (χ0n) is 9.55. The SMILES string of the molecule is NS(=O)(=O)CCS(=O)(=O)c1ncc(C(F)(F)F)cc1Cl. The van der Waals surface area contributed by atoms with Gasteiger partial charge in [0.05, 0.1) is 22.1 Å². The summed E-state index contributed by atoms with van der Waals surface area (Å²) < 4.78 is 81.9. The highest BCUT2D eigenvalue weighted by atomic mass is 35.5. The van der Waals surface area contributed by atoms with E-state index in [1.54, 1.807) is 0 Å². The van der Waals surface area contributed by atoms with Crippen LogP contribution in [0.2, 0.25) is 5.02 Å². The van der Waals surface area contributed by atoms with Gasteiger partial charge in [-0.05, 0) is 6.07 Å². The molecule has 20 heavy (non-hydrogen) atoms. The summed E-state index contributed by atoms with van der Waals surface area (Å²) in [6, 6.07) is 0.401. The van der Waals surface area contributed by atoms with Crippen molar-refractivity contribution >= 4 is 31.5 Å². The highest BCUT2D eigenvalue weighted by Crippen LogP contribution is 2.32. The molecule has 0 saturated heterocycles. The molecule has 0 unspecified atom stereocenters. The molecule has 2 N–H and O–H groups in total. The first-order valence-electron chi connectivity index (χ1n) is 4.79. The van der Waals surface area contributed by atoms with Crippen LogP contribution in [0.3, 0.4) is 0 Å². The van der Waals surface area contributed by atoms with Crippen molar-refractivity contribution in [1.82, 2.24) is 4.98 Å². The van der Waals surface area contributed by atoms with Gasteiger partial charge >= 0.3 is 6.18 Å². The fourth-order valence-corrected chi connectivity index (χ4v) is 4.22. The molecule has 1 aromatic heterocycles. The Kier molecular flexibility index (Phi) is 4.69. The van der Waals surface area contributed by atoms with Crippen molar-refractivity contribution < 1.29 is 30.0 Å². The van der Waals surface area contributed by atoms with Crippen molar-refractivity contribution in [2.24, 2.45) is 5.14 Å². The van der Waals surface area contributed by atoms with Gasteiger partial charge in [-0.1, -0.05) is 11.6 Å². The monoisotopic (exact) mass is 352 g/mol. The van der Waals surface area contributed by atoms with Crippen LogP contribution in [-0.2, 0) is 26.0 Å². The van der Waals surface area contributed by atoms with Gasteiger partial charge in [0.1, 0.15) is 0 Å². The van der Waals surface area contributed by atoms with E-state index in [-0.39, 0.29) is 0 Å². The summed E-state index contributed by atoms with van der Waals surface area (Å²) in [4.78, 5) is 3.14. The number of nitrogens with two attached hydrogens (primary N) is 1. The second-order valence-electron chi connectivity index (χ2n) is 3.69. The van der Waals surface area contributed by atoms with Crippen LogP contribution in [0.5, 0.6) is 0 Å². The Morgan fingerprint density at radius 1 is 1.20 bits per heavy atom. The van der Waals surface area contributed by atoms with Gasteiger partial charge in [0.15, 0.2) is 14.9 Å². The van der Waals surface area contributed by atoms with Crippen LogP contribution in [-0.4, -0.2) is 33.3 Å². The molecular formula is C8H8ClF3N2O4S2. The lowest BCUT2D eigenvalue weighted by Crippen LogP contribution is -2.24. The van der Waals surface area contributed by atoms with Crippen LogP contribution in [0.1, 0.15) is 5.56 Å². The van der Waals surface area contributed by atoms with Crippen LogP contribution < -0.4 is 5.14 Å². The quantitative estimate of drug-likeness (QED) is 0.863. The summed E-state index contributed by atoms with van der Waals surface area (Å²) in [5.41, 5.74) is -1.21. The zero-order valence-corrected chi connectivity index (χ0v) is 11.9. The summed E-state index contributed by atoms with van der Waals surface area (Å²) in [6.07, 6.45) is -4.42. The first-order valence-corrected chi connectivity index (χ1v) is 8.53. The minimum absolute atomic E-state index is 0.301. The lowest BCUT2D eigenvalue weighted by molar-refractivity contribution is -0.137. The lowest BCUT2D eigenvalue weighted by atomic mass is 10.3. The highest BCUT2D eigenvalue weighted by molar-refractivity contribution is 7.94. The molecule has 0 aromatic carbocycles. The number of sulfone groups is 1. The van der Waals surface area contributed by atoms with Crippen molar-refractivity contribution in [3.8, 4) is 0 Å². The molecule has 0 atom stereocenters. The number of hydrogen-bond donors (Lipinski definition) is 1. The van der Waals surface area contributed by atoms with Crippen molar-refractivity contribution in [2.45, 2.75) is 11.2 Å². The Morgan fingerprint density at radius 3 is 2.15 bits per heavy atom. The molecule has 0 aliphatic carbocycles. The van der Waals surface area contributed by atoms with Gasteiger partial charge in [-0.25, -0.2) is 27.0 Å². The van der Waals surface area contributed by atoms with E-state index < -0.39 is 53.2 Å². The fourth-order valence-electron chi connectivity index (χ4n) is 1.13. The number of sulfonamides is 1. The molecule has 0 fully saturated rings. The van der Waals surface area contributed by atoms with Gasteiger partial charge in [-0.3, -0.25) is 0 Å². The molecule has 0 aliphatic heterocycles. The molecule has 0 bridgehead atoms. The summed E-state index contributed by atoms with van der Waals surface area (Å²) in [7, 11) is -8.30. The minimum atomic E-state index is -4.72. The topological polar surface area (TPSA) is 107 Å². The zero-order chi connectivity index (χ0) is 15.8. The van der Waals surface area contributed by atoms with Crippen LogP contribution in [0.4, 0.5) is 13.2 Å². The number of halogens is 4. The largest absolute Gasteiger partial charge is 0.417 e. The standard InChI is InChI=1S/C8H8ClF3N2O4S2/c9-6-3-5(8(10,11)12)4-14-7(6)19(15,16)1-2-20(13,17)18/h3-4H,1-2H2,(H2,13,17,18). The normalized spacial score (nSPS) is 13.4. The average molecular weight is 353 g/mol. The Bertz CT molecular complexity index is 716. The average Bonchev–Trinajstić information content (AvgIpc) is 2.24. The first-order chi connectivity index (χ1) is 8.83.